The van der Waals surface area contributed by atoms with Gasteiger partial charge in [-0.05, 0) is 129 Å². The molecule has 1 saturated carbocycles. The van der Waals surface area contributed by atoms with Gasteiger partial charge >= 0.3 is 0 Å². The van der Waals surface area contributed by atoms with E-state index in [-0.39, 0.29) is 17.6 Å². The fourth-order valence-electron chi connectivity index (χ4n) is 10.8. The number of allylic oxidation sites excluding steroid dienone is 1. The largest absolute Gasteiger partial charge is 0.457 e. The van der Waals surface area contributed by atoms with E-state index in [1.54, 1.807) is 47.6 Å². The van der Waals surface area contributed by atoms with E-state index in [0.29, 0.717) is 101 Å². The van der Waals surface area contributed by atoms with E-state index in [1.165, 1.54) is 36.8 Å². The van der Waals surface area contributed by atoms with Crippen LogP contribution in [0.4, 0.5) is 31.7 Å². The maximum absolute atomic E-state index is 16.0. The minimum atomic E-state index is -1.19. The van der Waals surface area contributed by atoms with Crippen molar-refractivity contribution in [2.45, 2.75) is 69.6 Å². The molecule has 5 aromatic rings. The van der Waals surface area contributed by atoms with Crippen molar-refractivity contribution < 1.29 is 32.7 Å². The highest BCUT2D eigenvalue weighted by molar-refractivity contribution is 6.17. The molecule has 0 radical (unpaired) electrons. The molecule has 4 N–H and O–H groups in total. The number of hydrogen-bond acceptors (Lipinski definition) is 11. The number of fused-ring (bicyclic) bond motifs is 4. The molecule has 4 amide bonds. The Kier molecular flexibility index (Phi) is 11.7. The number of benzene rings is 3. The van der Waals surface area contributed by atoms with Crippen molar-refractivity contribution in [2.24, 2.45) is 11.3 Å². The number of amides is 4. The number of carbonyl (C=O) groups excluding carboxylic acids is 4. The van der Waals surface area contributed by atoms with E-state index in [1.807, 2.05) is 12.1 Å². The van der Waals surface area contributed by atoms with Crippen LogP contribution >= 0.6 is 0 Å². The van der Waals surface area contributed by atoms with Crippen LogP contribution in [0.25, 0.3) is 10.9 Å². The van der Waals surface area contributed by atoms with E-state index in [2.05, 4.69) is 52.5 Å². The van der Waals surface area contributed by atoms with Gasteiger partial charge in [-0.25, -0.2) is 13.8 Å². The molecular formula is C52H54F2N10O5. The van der Waals surface area contributed by atoms with Crippen molar-refractivity contribution in [3.8, 4) is 11.5 Å². The molecule has 3 unspecified atom stereocenters. The summed E-state index contributed by atoms with van der Waals surface area (Å²) < 4.78 is 35.5. The highest BCUT2D eigenvalue weighted by Crippen LogP contribution is 2.48. The smallest absolute Gasteiger partial charge is 0.256 e. The van der Waals surface area contributed by atoms with Crippen molar-refractivity contribution in [3.63, 3.8) is 0 Å². The number of carbonyl (C=O) groups is 4. The van der Waals surface area contributed by atoms with Gasteiger partial charge in [0.1, 0.15) is 40.4 Å². The molecule has 2 aromatic heterocycles. The molecule has 8 heterocycles. The first-order chi connectivity index (χ1) is 33.5. The number of hydrogen-bond donors (Lipinski definition) is 4. The zero-order valence-electron chi connectivity index (χ0n) is 38.2. The highest BCUT2D eigenvalue weighted by atomic mass is 19.1. The first-order valence-electron chi connectivity index (χ1n) is 24.0. The molecule has 69 heavy (non-hydrogen) atoms. The molecule has 15 nitrogen and oxygen atoms in total. The summed E-state index contributed by atoms with van der Waals surface area (Å²) >= 11 is 0. The number of anilines is 4. The summed E-state index contributed by atoms with van der Waals surface area (Å²) in [6.07, 6.45) is 8.53. The van der Waals surface area contributed by atoms with Crippen LogP contribution in [0.2, 0.25) is 0 Å². The zero-order valence-corrected chi connectivity index (χ0v) is 38.2. The average Bonchev–Trinajstić information content (AvgIpc) is 4.11. The first kappa shape index (κ1) is 44.5. The Hall–Kier alpha value is -6.98. The lowest BCUT2D eigenvalue weighted by Crippen LogP contribution is -2.69. The number of nitrogens with zero attached hydrogens (tertiary/aromatic N) is 6. The fourth-order valence-corrected chi connectivity index (χ4v) is 10.8. The SMILES string of the molecule is C=C1CCC(N2Cc3cc(NCCN4CC5CC(C4)N5CC4CCN(c5cc6nccc(Oc7ccc(NC(=O)C8(C(=O)Nc9ccc(F)cc9)CC8)cc7)c6cc5F)CC4)ncc3C2=O)C(=O)N1. The second kappa shape index (κ2) is 18.2. The molecule has 2 bridgehead atoms. The zero-order chi connectivity index (χ0) is 47.4. The van der Waals surface area contributed by atoms with Gasteiger partial charge in [-0.1, -0.05) is 6.58 Å². The van der Waals surface area contributed by atoms with Crippen LogP contribution in [0.3, 0.4) is 0 Å². The monoisotopic (exact) mass is 936 g/mol. The minimum Gasteiger partial charge on any atom is -0.457 e. The molecule has 356 valence electrons. The van der Waals surface area contributed by atoms with Gasteiger partial charge in [-0.3, -0.25) is 34.0 Å². The Morgan fingerprint density at radius 1 is 0.884 bits per heavy atom. The number of ether oxygens (including phenoxy) is 1. The summed E-state index contributed by atoms with van der Waals surface area (Å²) in [7, 11) is 0. The lowest BCUT2D eigenvalue weighted by atomic mass is 9.84. The van der Waals surface area contributed by atoms with E-state index >= 15 is 4.39 Å². The first-order valence-corrected chi connectivity index (χ1v) is 24.0. The fraction of sp³-hybridized carbons (Fsp3) is 0.385. The molecule has 7 aliphatic rings. The molecule has 12 rings (SSSR count). The van der Waals surface area contributed by atoms with Gasteiger partial charge in [0.15, 0.2) is 0 Å². The summed E-state index contributed by atoms with van der Waals surface area (Å²) in [5.41, 5.74) is 3.04. The summed E-state index contributed by atoms with van der Waals surface area (Å²) in [4.78, 5) is 70.0. The van der Waals surface area contributed by atoms with Crippen LogP contribution in [-0.2, 0) is 20.9 Å². The molecule has 3 atom stereocenters. The molecule has 6 aliphatic heterocycles. The normalized spacial score (nSPS) is 22.2. The number of piperidine rings is 3. The summed E-state index contributed by atoms with van der Waals surface area (Å²) in [6.45, 7) is 10.5. The third-order valence-corrected chi connectivity index (χ3v) is 14.9. The van der Waals surface area contributed by atoms with Crippen molar-refractivity contribution in [1.29, 1.82) is 0 Å². The van der Waals surface area contributed by atoms with Crippen molar-refractivity contribution in [1.82, 2.24) is 30.0 Å². The van der Waals surface area contributed by atoms with E-state index in [9.17, 15) is 23.6 Å². The predicted octanol–water partition coefficient (Wildman–Crippen LogP) is 6.89. The number of aromatic nitrogens is 2. The lowest BCUT2D eigenvalue weighted by molar-refractivity contribution is -0.131. The third-order valence-electron chi connectivity index (χ3n) is 14.9. The number of nitrogens with one attached hydrogen (secondary N) is 4. The maximum atomic E-state index is 16.0. The second-order valence-electron chi connectivity index (χ2n) is 19.4. The predicted molar refractivity (Wildman–Crippen MR) is 257 cm³/mol. The highest BCUT2D eigenvalue weighted by Gasteiger charge is 2.56. The molecule has 3 aromatic carbocycles. The molecule has 6 fully saturated rings. The molecule has 1 aliphatic carbocycles. The topological polar surface area (TPSA) is 164 Å². The molecule has 5 saturated heterocycles. The third kappa shape index (κ3) is 8.96. The maximum Gasteiger partial charge on any atom is 0.256 e. The average molecular weight is 937 g/mol. The van der Waals surface area contributed by atoms with Crippen LogP contribution in [0.5, 0.6) is 11.5 Å². The van der Waals surface area contributed by atoms with Gasteiger partial charge in [-0.15, -0.1) is 0 Å². The van der Waals surface area contributed by atoms with E-state index in [0.717, 1.165) is 70.0 Å². The number of pyridine rings is 2. The van der Waals surface area contributed by atoms with Gasteiger partial charge in [0.2, 0.25) is 17.7 Å². The van der Waals surface area contributed by atoms with Gasteiger partial charge in [0, 0.05) is 99.3 Å². The Labute approximate surface area is 398 Å². The van der Waals surface area contributed by atoms with Crippen molar-refractivity contribution >= 4 is 57.4 Å². The standard InChI is InChI=1S/C52H54F2N10O5/c1-31-2-11-44(48(65)58-31)64-28-33-22-47(57-26-41(33)49(64)66)56-18-21-61-29-37-23-38(30-61)63(37)27-32-13-19-62(20-14-32)45-25-43-40(24-42(45)54)46(12-17-55-43)69-39-9-7-36(8-10-39)60-51(68)52(15-16-52)50(67)59-35-5-3-34(53)4-6-35/h3-10,12,17,22,24-26,32,37-38,44H,1-2,11,13-16,18-21,23,27-30H2,(H,56,57)(H,58,65)(H,59,67)(H,60,68). The van der Waals surface area contributed by atoms with Crippen molar-refractivity contribution in [2.75, 3.05) is 66.7 Å². The van der Waals surface area contributed by atoms with Gasteiger partial charge in [-0.2, -0.15) is 0 Å². The van der Waals surface area contributed by atoms with Gasteiger partial charge in [0.05, 0.1) is 16.8 Å². The van der Waals surface area contributed by atoms with Crippen molar-refractivity contribution in [3.05, 3.63) is 120 Å². The number of piperazine rings is 1. The van der Waals surface area contributed by atoms with Gasteiger partial charge < -0.3 is 35.8 Å². The molecular weight excluding hydrogens is 883 g/mol. The van der Waals surface area contributed by atoms with Crippen LogP contribution in [0, 0.1) is 23.0 Å². The van der Waals surface area contributed by atoms with Crippen LogP contribution in [-0.4, -0.2) is 112 Å². The Morgan fingerprint density at radius 3 is 2.29 bits per heavy atom. The molecule has 17 heteroatoms. The van der Waals surface area contributed by atoms with Crippen LogP contribution < -0.4 is 30.9 Å². The summed E-state index contributed by atoms with van der Waals surface area (Å²) in [5.74, 6) is 0.306. The summed E-state index contributed by atoms with van der Waals surface area (Å²) in [6, 6.07) is 19.7. The van der Waals surface area contributed by atoms with Gasteiger partial charge in [0.25, 0.3) is 5.91 Å². The Bertz CT molecular complexity index is 2840. The van der Waals surface area contributed by atoms with E-state index < -0.39 is 29.1 Å². The van der Waals surface area contributed by atoms with Crippen LogP contribution in [0.15, 0.2) is 97.5 Å². The lowest BCUT2D eigenvalue weighted by Gasteiger charge is -2.57. The summed E-state index contributed by atoms with van der Waals surface area (Å²) in [5, 5.41) is 12.3. The quantitative estimate of drug-likeness (QED) is 0.0858. The Morgan fingerprint density at radius 2 is 1.59 bits per heavy atom. The van der Waals surface area contributed by atoms with Crippen LogP contribution in [0.1, 0.15) is 60.9 Å². The number of rotatable bonds is 14. The Balaban J connectivity index is 0.629. The number of halogens is 2. The molecule has 0 spiro atoms. The van der Waals surface area contributed by atoms with E-state index in [4.69, 9.17) is 4.74 Å². The second-order valence-corrected chi connectivity index (χ2v) is 19.4. The minimum absolute atomic E-state index is 0.147.